The van der Waals surface area contributed by atoms with Crippen LogP contribution in [0.1, 0.15) is 0 Å². The van der Waals surface area contributed by atoms with Crippen LogP contribution < -0.4 is 5.73 Å². The van der Waals surface area contributed by atoms with Crippen LogP contribution in [-0.4, -0.2) is 22.9 Å². The molecule has 3 nitrogen and oxygen atoms in total. The first-order valence-corrected chi connectivity index (χ1v) is 2.41. The molecule has 0 radical (unpaired) electrons. The zero-order valence-electron chi connectivity index (χ0n) is 3.66. The largest absolute Gasteiger partial charge is 0.480 e. The minimum absolute atomic E-state index is 0.190. The number of carboxylic acid groups (broad SMARTS) is 1. The molecule has 0 aliphatic rings. The third-order valence-electron chi connectivity index (χ3n) is 0.514. The van der Waals surface area contributed by atoms with Gasteiger partial charge in [-0.25, -0.2) is 0 Å². The van der Waals surface area contributed by atoms with Crippen molar-refractivity contribution in [2.45, 2.75) is 6.04 Å². The Morgan fingerprint density at radius 3 is 2.43 bits per heavy atom. The quantitative estimate of drug-likeness (QED) is 0.428. The highest BCUT2D eigenvalue weighted by molar-refractivity contribution is 7.80. The number of carbonyl (C=O) groups is 1. The highest BCUT2D eigenvalue weighted by Crippen LogP contribution is 1.80. The molecule has 0 aliphatic carbocycles. The summed E-state index contributed by atoms with van der Waals surface area (Å²) in [4.78, 5) is 9.76. The fourth-order valence-corrected chi connectivity index (χ4v) is 0.234. The molecule has 0 aliphatic heterocycles. The Morgan fingerprint density at radius 1 is 2.00 bits per heavy atom. The number of hydrogen-bond donors (Lipinski definition) is 3. The van der Waals surface area contributed by atoms with Gasteiger partial charge in [0.05, 0.1) is 0 Å². The molecule has 0 aromatic carbocycles. The molecule has 4 heteroatoms. The predicted molar refractivity (Wildman–Crippen MR) is 29.5 cm³/mol. The highest BCUT2D eigenvalue weighted by atomic mass is 35.0. The van der Waals surface area contributed by atoms with Gasteiger partial charge in [-0.3, -0.25) is 4.79 Å². The first-order valence-electron chi connectivity index (χ1n) is 1.77. The summed E-state index contributed by atoms with van der Waals surface area (Å²) in [5.74, 6) is -0.815. The summed E-state index contributed by atoms with van der Waals surface area (Å²) in [5.41, 5.74) is 4.94. The average molecular weight is 124 g/mol. The van der Waals surface area contributed by atoms with E-state index >= 15 is 0 Å². The van der Waals surface area contributed by atoms with Gasteiger partial charge in [0.1, 0.15) is 6.04 Å². The van der Waals surface area contributed by atoms with Crippen molar-refractivity contribution in [3.05, 3.63) is 0 Å². The minimum Gasteiger partial charge on any atom is -0.480 e. The second-order valence-corrected chi connectivity index (χ2v) is 1.49. The Hall–Kier alpha value is -0.220. The van der Waals surface area contributed by atoms with Gasteiger partial charge in [-0.2, -0.15) is 12.6 Å². The molecule has 1 atom stereocenters. The molecule has 0 saturated carbocycles. The van der Waals surface area contributed by atoms with Crippen molar-refractivity contribution in [3.63, 3.8) is 0 Å². The maximum atomic E-state index is 9.76. The lowest BCUT2D eigenvalue weighted by Gasteiger charge is -1.96. The molecule has 3 N–H and O–H groups in total. The van der Waals surface area contributed by atoms with Gasteiger partial charge in [0, 0.05) is 5.75 Å². The van der Waals surface area contributed by atoms with E-state index in [9.17, 15) is 4.79 Å². The number of thiol groups is 1. The van der Waals surface area contributed by atoms with Crippen LogP contribution >= 0.6 is 12.6 Å². The zero-order valence-corrected chi connectivity index (χ0v) is 4.56. The lowest BCUT2D eigenvalue weighted by molar-refractivity contribution is -0.137. The molecular weight excluding hydrogens is 117 g/mol. The van der Waals surface area contributed by atoms with Crippen molar-refractivity contribution in [2.24, 2.45) is 5.73 Å². The lowest BCUT2D eigenvalue weighted by Crippen LogP contribution is -2.31. The minimum atomic E-state index is -1.00. The van der Waals surface area contributed by atoms with Crippen LogP contribution in [0.15, 0.2) is 0 Å². The van der Waals surface area contributed by atoms with Crippen molar-refractivity contribution in [2.75, 3.05) is 5.75 Å². The van der Waals surface area contributed by atoms with Gasteiger partial charge in [0.2, 0.25) is 0 Å². The van der Waals surface area contributed by atoms with Gasteiger partial charge in [0.15, 0.2) is 0 Å². The summed E-state index contributed by atoms with van der Waals surface area (Å²) in [6.07, 6.45) is 0. The van der Waals surface area contributed by atoms with Crippen LogP contribution in [0.25, 0.3) is 0 Å². The molecule has 0 aromatic rings. The standard InChI is InChI=1S/C3H7NO2S/c4-2(1-7)3(5)6/h2,7H,1,4H2,(H,5,6)/t2-/m0/s1/i7+3. The Kier molecular flexibility index (Phi) is 2.78. The Bertz CT molecular complexity index is 75.3. The number of nitrogens with two attached hydrogens (primary N) is 1. The molecule has 0 fully saturated rings. The summed E-state index contributed by atoms with van der Waals surface area (Å²) < 4.78 is 0. The molecule has 0 heterocycles. The number of carboxylic acids is 1. The Morgan fingerprint density at radius 2 is 2.43 bits per heavy atom. The van der Waals surface area contributed by atoms with E-state index in [4.69, 9.17) is 10.8 Å². The van der Waals surface area contributed by atoms with Crippen LogP contribution in [0, 0.1) is 0 Å². The van der Waals surface area contributed by atoms with E-state index in [2.05, 4.69) is 12.6 Å². The van der Waals surface area contributed by atoms with Gasteiger partial charge in [0.25, 0.3) is 0 Å². The fraction of sp³-hybridized carbons (Fsp3) is 0.667. The van der Waals surface area contributed by atoms with Crippen LogP contribution in [0.2, 0.25) is 0 Å². The molecule has 0 rings (SSSR count). The monoisotopic (exact) mass is 124 g/mol. The van der Waals surface area contributed by atoms with Crippen molar-refractivity contribution in [1.29, 1.82) is 0 Å². The summed E-state index contributed by atoms with van der Waals surface area (Å²) in [5, 5.41) is 8.01. The van der Waals surface area contributed by atoms with Crippen molar-refractivity contribution in [3.8, 4) is 0 Å². The molecule has 0 unspecified atom stereocenters. The molecule has 7 heavy (non-hydrogen) atoms. The third-order valence-corrected chi connectivity index (χ3v) is 0.907. The van der Waals surface area contributed by atoms with E-state index in [1.165, 1.54) is 0 Å². The van der Waals surface area contributed by atoms with E-state index < -0.39 is 12.0 Å². The van der Waals surface area contributed by atoms with Gasteiger partial charge in [-0.05, 0) is 0 Å². The lowest BCUT2D eigenvalue weighted by atomic mass is 10.4. The van der Waals surface area contributed by atoms with E-state index in [1.54, 1.807) is 0 Å². The molecule has 0 amide bonds. The molecule has 0 saturated heterocycles. The van der Waals surface area contributed by atoms with E-state index in [0.29, 0.717) is 0 Å². The summed E-state index contributed by atoms with van der Waals surface area (Å²) in [7, 11) is 0. The SMILES string of the molecule is N[C@@H](C[35SH])C(=O)O. The molecule has 42 valence electrons. The van der Waals surface area contributed by atoms with Gasteiger partial charge in [-0.15, -0.1) is 0 Å². The second-order valence-electron chi connectivity index (χ2n) is 1.13. The van der Waals surface area contributed by atoms with E-state index in [0.717, 1.165) is 0 Å². The van der Waals surface area contributed by atoms with Crippen LogP contribution in [0.4, 0.5) is 0 Å². The number of rotatable bonds is 2. The Labute approximate surface area is 46.9 Å². The summed E-state index contributed by atoms with van der Waals surface area (Å²) >= 11 is 3.65. The van der Waals surface area contributed by atoms with Gasteiger partial charge in [-0.1, -0.05) is 0 Å². The Balaban J connectivity index is 3.34. The van der Waals surface area contributed by atoms with E-state index in [-0.39, 0.29) is 5.75 Å². The average Bonchev–Trinajstić information content (AvgIpc) is 1.65. The van der Waals surface area contributed by atoms with Gasteiger partial charge >= 0.3 is 5.97 Å². The van der Waals surface area contributed by atoms with Crippen molar-refractivity contribution in [1.82, 2.24) is 0 Å². The summed E-state index contributed by atoms with van der Waals surface area (Å²) in [6, 6.07) is -0.816. The van der Waals surface area contributed by atoms with E-state index in [1.807, 2.05) is 0 Å². The third kappa shape index (κ3) is 2.47. The first kappa shape index (κ1) is 6.78. The molecule has 0 bridgehead atoms. The highest BCUT2D eigenvalue weighted by Gasteiger charge is 2.06. The molecular formula is C3H7NO2S. The number of aliphatic carboxylic acids is 1. The first-order chi connectivity index (χ1) is 3.18. The maximum absolute atomic E-state index is 9.76. The van der Waals surface area contributed by atoms with Crippen LogP contribution in [0.5, 0.6) is 0 Å². The van der Waals surface area contributed by atoms with Crippen LogP contribution in [-0.2, 0) is 4.79 Å². The maximum Gasteiger partial charge on any atom is 0.321 e. The van der Waals surface area contributed by atoms with Crippen molar-refractivity contribution < 1.29 is 9.90 Å². The summed E-state index contributed by atoms with van der Waals surface area (Å²) in [6.45, 7) is 0. The molecule has 0 spiro atoms. The number of hydrogen-bond acceptors (Lipinski definition) is 3. The van der Waals surface area contributed by atoms with Crippen molar-refractivity contribution >= 4 is 18.6 Å². The topological polar surface area (TPSA) is 63.3 Å². The fourth-order valence-electron chi connectivity index (χ4n) is 0.0781. The second kappa shape index (κ2) is 2.87. The molecule has 0 aromatic heterocycles. The zero-order chi connectivity index (χ0) is 5.86. The van der Waals surface area contributed by atoms with Gasteiger partial charge < -0.3 is 10.8 Å². The smallest absolute Gasteiger partial charge is 0.321 e. The van der Waals surface area contributed by atoms with Crippen LogP contribution in [0.3, 0.4) is 0 Å². The predicted octanol–water partition coefficient (Wildman–Crippen LogP) is -0.672. The normalized spacial score (nSPS) is 13.4.